The second-order valence-electron chi connectivity index (χ2n) is 3.21. The van der Waals surface area contributed by atoms with Gasteiger partial charge in [0.2, 0.25) is 0 Å². The van der Waals surface area contributed by atoms with Crippen LogP contribution in [0.1, 0.15) is 5.56 Å². The van der Waals surface area contributed by atoms with Crippen molar-refractivity contribution < 1.29 is 24.9 Å². The summed E-state index contributed by atoms with van der Waals surface area (Å²) in [5.41, 5.74) is 0.197. The number of hydrogen-bond donors (Lipinski definition) is 3. The van der Waals surface area contributed by atoms with E-state index in [1.54, 1.807) is 0 Å². The maximum Gasteiger partial charge on any atom is 0.318 e. The quantitative estimate of drug-likeness (QED) is 0.696. The molecule has 1 rings (SSSR count). The summed E-state index contributed by atoms with van der Waals surface area (Å²) < 4.78 is 0. The van der Waals surface area contributed by atoms with Crippen molar-refractivity contribution in [2.24, 2.45) is 5.92 Å². The monoisotopic (exact) mass is 244 g/mol. The maximum atomic E-state index is 10.6. The van der Waals surface area contributed by atoms with Crippen molar-refractivity contribution in [3.05, 3.63) is 28.8 Å². The van der Waals surface area contributed by atoms with Crippen molar-refractivity contribution in [3.63, 3.8) is 0 Å². The second-order valence-corrected chi connectivity index (χ2v) is 3.64. The number of hydrogen-bond acceptors (Lipinski definition) is 3. The second kappa shape index (κ2) is 4.85. The van der Waals surface area contributed by atoms with Crippen molar-refractivity contribution in [3.8, 4) is 5.75 Å². The normalized spacial score (nSPS) is 10.4. The van der Waals surface area contributed by atoms with Crippen LogP contribution in [0.5, 0.6) is 5.75 Å². The van der Waals surface area contributed by atoms with Gasteiger partial charge in [0.25, 0.3) is 0 Å². The van der Waals surface area contributed by atoms with Crippen molar-refractivity contribution >= 4 is 23.5 Å². The van der Waals surface area contributed by atoms with E-state index in [1.807, 2.05) is 0 Å². The average molecular weight is 245 g/mol. The molecule has 16 heavy (non-hydrogen) atoms. The Bertz CT molecular complexity index is 415. The topological polar surface area (TPSA) is 94.8 Å². The third-order valence-electron chi connectivity index (χ3n) is 2.06. The highest BCUT2D eigenvalue weighted by atomic mass is 35.5. The lowest BCUT2D eigenvalue weighted by molar-refractivity contribution is -0.154. The van der Waals surface area contributed by atoms with E-state index in [0.29, 0.717) is 5.02 Å². The van der Waals surface area contributed by atoms with Crippen LogP contribution in [-0.2, 0) is 16.0 Å². The minimum absolute atomic E-state index is 0.170. The van der Waals surface area contributed by atoms with E-state index in [4.69, 9.17) is 21.8 Å². The maximum absolute atomic E-state index is 10.6. The number of carboxylic acids is 2. The molecule has 3 N–H and O–H groups in total. The average Bonchev–Trinajstić information content (AvgIpc) is 2.18. The summed E-state index contributed by atoms with van der Waals surface area (Å²) in [6.07, 6.45) is -0.308. The number of benzene rings is 1. The first-order chi connectivity index (χ1) is 7.41. The van der Waals surface area contributed by atoms with E-state index in [1.165, 1.54) is 18.2 Å². The van der Waals surface area contributed by atoms with E-state index >= 15 is 0 Å². The minimum Gasteiger partial charge on any atom is -0.508 e. The van der Waals surface area contributed by atoms with Crippen LogP contribution in [0.2, 0.25) is 5.02 Å². The molecule has 0 fully saturated rings. The van der Waals surface area contributed by atoms with Gasteiger partial charge in [-0.1, -0.05) is 11.6 Å². The van der Waals surface area contributed by atoms with Crippen LogP contribution in [0, 0.1) is 5.92 Å². The van der Waals surface area contributed by atoms with Gasteiger partial charge in [-0.25, -0.2) is 0 Å². The molecule has 0 spiro atoms. The number of phenols is 1. The smallest absolute Gasteiger partial charge is 0.318 e. The fraction of sp³-hybridized carbons (Fsp3) is 0.200. The molecule has 0 saturated carbocycles. The Morgan fingerprint density at radius 3 is 2.31 bits per heavy atom. The third-order valence-corrected chi connectivity index (χ3v) is 2.30. The predicted octanol–water partition coefficient (Wildman–Crippen LogP) is 1.37. The molecule has 0 saturated heterocycles. The Balaban J connectivity index is 2.97. The Labute approximate surface area is 95.9 Å². The molecule has 1 aromatic rings. The molecule has 0 unspecified atom stereocenters. The summed E-state index contributed by atoms with van der Waals surface area (Å²) in [4.78, 5) is 21.3. The molecule has 0 bridgehead atoms. The third kappa shape index (κ3) is 2.87. The lowest BCUT2D eigenvalue weighted by Crippen LogP contribution is -2.25. The summed E-state index contributed by atoms with van der Waals surface area (Å²) in [6.45, 7) is 0. The van der Waals surface area contributed by atoms with E-state index in [9.17, 15) is 14.7 Å². The summed E-state index contributed by atoms with van der Waals surface area (Å²) in [6, 6.07) is 4.06. The van der Waals surface area contributed by atoms with Crippen LogP contribution in [0.15, 0.2) is 18.2 Å². The number of carboxylic acid groups (broad SMARTS) is 2. The molecule has 0 amide bonds. The Hall–Kier alpha value is -1.75. The highest BCUT2D eigenvalue weighted by Gasteiger charge is 2.27. The van der Waals surface area contributed by atoms with E-state index in [2.05, 4.69) is 0 Å². The Morgan fingerprint density at radius 1 is 1.25 bits per heavy atom. The molecule has 6 heteroatoms. The molecular weight excluding hydrogens is 236 g/mol. The van der Waals surface area contributed by atoms with Crippen LogP contribution in [0.25, 0.3) is 0 Å². The first-order valence-corrected chi connectivity index (χ1v) is 4.72. The minimum atomic E-state index is -1.59. The van der Waals surface area contributed by atoms with E-state index in [0.717, 1.165) is 0 Å². The fourth-order valence-electron chi connectivity index (χ4n) is 1.22. The lowest BCUT2D eigenvalue weighted by Gasteiger charge is -2.09. The summed E-state index contributed by atoms with van der Waals surface area (Å²) >= 11 is 5.65. The largest absolute Gasteiger partial charge is 0.508 e. The van der Waals surface area contributed by atoms with Gasteiger partial charge in [0.15, 0.2) is 5.92 Å². The van der Waals surface area contributed by atoms with Gasteiger partial charge in [-0.15, -0.1) is 0 Å². The molecule has 0 aromatic heterocycles. The number of rotatable bonds is 4. The number of carbonyl (C=O) groups is 2. The van der Waals surface area contributed by atoms with E-state index < -0.39 is 17.9 Å². The van der Waals surface area contributed by atoms with E-state index in [-0.39, 0.29) is 17.7 Å². The first-order valence-electron chi connectivity index (χ1n) is 4.35. The van der Waals surface area contributed by atoms with Gasteiger partial charge in [0, 0.05) is 11.4 Å². The van der Waals surface area contributed by atoms with Crippen molar-refractivity contribution in [1.82, 2.24) is 0 Å². The highest BCUT2D eigenvalue weighted by Crippen LogP contribution is 2.24. The zero-order valence-corrected chi connectivity index (χ0v) is 8.81. The van der Waals surface area contributed by atoms with Gasteiger partial charge < -0.3 is 15.3 Å². The summed E-state index contributed by atoms with van der Waals surface area (Å²) in [5, 5.41) is 27.1. The molecule has 0 heterocycles. The highest BCUT2D eigenvalue weighted by molar-refractivity contribution is 6.30. The zero-order valence-electron chi connectivity index (χ0n) is 8.05. The Kier molecular flexibility index (Phi) is 3.73. The lowest BCUT2D eigenvalue weighted by atomic mass is 9.99. The van der Waals surface area contributed by atoms with Gasteiger partial charge in [-0.05, 0) is 23.8 Å². The summed E-state index contributed by atoms with van der Waals surface area (Å²) in [7, 11) is 0. The van der Waals surface area contributed by atoms with Crippen LogP contribution >= 0.6 is 11.6 Å². The fourth-order valence-corrected chi connectivity index (χ4v) is 1.41. The SMILES string of the molecule is O=C(O)C(Cc1cc(Cl)ccc1O)C(=O)O. The van der Waals surface area contributed by atoms with Crippen molar-refractivity contribution in [1.29, 1.82) is 0 Å². The number of phenolic OH excluding ortho intramolecular Hbond substituents is 1. The molecule has 5 nitrogen and oxygen atoms in total. The van der Waals surface area contributed by atoms with Crippen LogP contribution in [-0.4, -0.2) is 27.3 Å². The number of aromatic hydroxyl groups is 1. The van der Waals surface area contributed by atoms with Crippen LogP contribution in [0.3, 0.4) is 0 Å². The van der Waals surface area contributed by atoms with Crippen molar-refractivity contribution in [2.45, 2.75) is 6.42 Å². The predicted molar refractivity (Wildman–Crippen MR) is 55.6 cm³/mol. The van der Waals surface area contributed by atoms with Crippen LogP contribution in [0.4, 0.5) is 0 Å². The first kappa shape index (κ1) is 12.3. The number of halogens is 1. The standard InChI is InChI=1S/C10H9ClO5/c11-6-1-2-8(12)5(3-6)4-7(9(13)14)10(15)16/h1-3,7,12H,4H2,(H,13,14)(H,15,16). The molecule has 0 aliphatic heterocycles. The van der Waals surface area contributed by atoms with Crippen LogP contribution < -0.4 is 0 Å². The van der Waals surface area contributed by atoms with Gasteiger partial charge in [-0.2, -0.15) is 0 Å². The molecular formula is C10H9ClO5. The Morgan fingerprint density at radius 2 is 1.81 bits per heavy atom. The van der Waals surface area contributed by atoms with Gasteiger partial charge in [0.05, 0.1) is 0 Å². The molecule has 0 atom stereocenters. The zero-order chi connectivity index (χ0) is 12.3. The molecule has 86 valence electrons. The molecule has 1 aromatic carbocycles. The van der Waals surface area contributed by atoms with Gasteiger partial charge in [0.1, 0.15) is 5.75 Å². The molecule has 0 aliphatic rings. The number of aliphatic carboxylic acids is 2. The van der Waals surface area contributed by atoms with Crippen molar-refractivity contribution in [2.75, 3.05) is 0 Å². The van der Waals surface area contributed by atoms with Gasteiger partial charge in [-0.3, -0.25) is 9.59 Å². The van der Waals surface area contributed by atoms with Gasteiger partial charge >= 0.3 is 11.9 Å². The molecule has 0 radical (unpaired) electrons. The molecule has 0 aliphatic carbocycles. The summed E-state index contributed by atoms with van der Waals surface area (Å²) in [5.74, 6) is -4.67.